The lowest BCUT2D eigenvalue weighted by Gasteiger charge is -2.05. The van der Waals surface area contributed by atoms with Crippen LogP contribution >= 0.6 is 0 Å². The summed E-state index contributed by atoms with van der Waals surface area (Å²) >= 11 is 0. The number of nitrogens with zero attached hydrogens (tertiary/aromatic N) is 2. The minimum Gasteiger partial charge on any atom is -0.494 e. The van der Waals surface area contributed by atoms with E-state index in [1.54, 1.807) is 24.3 Å². The Morgan fingerprint density at radius 3 is 2.68 bits per heavy atom. The summed E-state index contributed by atoms with van der Waals surface area (Å²) in [6.45, 7) is 6.92. The molecule has 0 aliphatic heterocycles. The van der Waals surface area contributed by atoms with Crippen molar-refractivity contribution in [2.24, 2.45) is 5.92 Å². The van der Waals surface area contributed by atoms with Gasteiger partial charge < -0.3 is 14.6 Å². The molecule has 1 heterocycles. The summed E-state index contributed by atoms with van der Waals surface area (Å²) in [6.07, 6.45) is 0.736. The summed E-state index contributed by atoms with van der Waals surface area (Å²) in [4.78, 5) is 16.3. The third kappa shape index (κ3) is 4.58. The molecule has 0 aliphatic rings. The average molecular weight is 303 g/mol. The molecule has 0 unspecified atom stereocenters. The number of nitrogens with one attached hydrogen (secondary N) is 1. The highest BCUT2D eigenvalue weighted by atomic mass is 16.5. The zero-order valence-electron chi connectivity index (χ0n) is 13.1. The number of ether oxygens (including phenoxy) is 1. The standard InChI is InChI=1S/C16H21N3O3/c1-4-21-13-7-5-12(6-8-13)16(20)17-10-14-18-15(22-19-14)9-11(2)3/h5-8,11H,4,9-10H2,1-3H3,(H,17,20). The van der Waals surface area contributed by atoms with Gasteiger partial charge in [0.05, 0.1) is 13.2 Å². The molecule has 0 radical (unpaired) electrons. The number of amides is 1. The highest BCUT2D eigenvalue weighted by Crippen LogP contribution is 2.12. The van der Waals surface area contributed by atoms with E-state index in [9.17, 15) is 4.79 Å². The van der Waals surface area contributed by atoms with Crippen molar-refractivity contribution in [3.63, 3.8) is 0 Å². The van der Waals surface area contributed by atoms with Crippen molar-refractivity contribution >= 4 is 5.91 Å². The molecule has 1 amide bonds. The minimum atomic E-state index is -0.182. The smallest absolute Gasteiger partial charge is 0.251 e. The molecule has 2 aromatic rings. The van der Waals surface area contributed by atoms with Crippen molar-refractivity contribution < 1.29 is 14.1 Å². The molecule has 0 saturated carbocycles. The number of carbonyl (C=O) groups is 1. The first-order valence-electron chi connectivity index (χ1n) is 7.41. The van der Waals surface area contributed by atoms with E-state index in [4.69, 9.17) is 9.26 Å². The zero-order valence-corrected chi connectivity index (χ0v) is 13.1. The Morgan fingerprint density at radius 2 is 2.05 bits per heavy atom. The molecule has 1 aromatic carbocycles. The Hall–Kier alpha value is -2.37. The summed E-state index contributed by atoms with van der Waals surface area (Å²) in [6, 6.07) is 6.99. The second-order valence-electron chi connectivity index (χ2n) is 5.34. The number of hydrogen-bond acceptors (Lipinski definition) is 5. The largest absolute Gasteiger partial charge is 0.494 e. The van der Waals surface area contributed by atoms with Gasteiger partial charge >= 0.3 is 0 Å². The van der Waals surface area contributed by atoms with Gasteiger partial charge in [-0.2, -0.15) is 4.98 Å². The molecule has 2 rings (SSSR count). The molecule has 0 bridgehead atoms. The number of rotatable bonds is 7. The van der Waals surface area contributed by atoms with Crippen molar-refractivity contribution in [3.8, 4) is 5.75 Å². The molecule has 0 spiro atoms. The van der Waals surface area contributed by atoms with Crippen LogP contribution in [-0.4, -0.2) is 22.7 Å². The summed E-state index contributed by atoms with van der Waals surface area (Å²) in [5.41, 5.74) is 0.564. The fourth-order valence-electron chi connectivity index (χ4n) is 1.92. The molecule has 0 atom stereocenters. The minimum absolute atomic E-state index is 0.182. The van der Waals surface area contributed by atoms with Gasteiger partial charge in [0, 0.05) is 12.0 Å². The van der Waals surface area contributed by atoms with Crippen molar-refractivity contribution in [3.05, 3.63) is 41.5 Å². The second kappa shape index (κ2) is 7.59. The van der Waals surface area contributed by atoms with Gasteiger partial charge in [0.15, 0.2) is 5.82 Å². The molecule has 118 valence electrons. The molecule has 1 N–H and O–H groups in total. The van der Waals surface area contributed by atoms with Crippen LogP contribution in [0.5, 0.6) is 5.75 Å². The molecule has 0 saturated heterocycles. The lowest BCUT2D eigenvalue weighted by molar-refractivity contribution is 0.0949. The van der Waals surface area contributed by atoms with Gasteiger partial charge in [-0.15, -0.1) is 0 Å². The lowest BCUT2D eigenvalue weighted by Crippen LogP contribution is -2.23. The summed E-state index contributed by atoms with van der Waals surface area (Å²) < 4.78 is 10.5. The highest BCUT2D eigenvalue weighted by Gasteiger charge is 2.10. The number of hydrogen-bond donors (Lipinski definition) is 1. The zero-order chi connectivity index (χ0) is 15.9. The van der Waals surface area contributed by atoms with E-state index >= 15 is 0 Å². The van der Waals surface area contributed by atoms with Gasteiger partial charge in [-0.1, -0.05) is 19.0 Å². The molecule has 22 heavy (non-hydrogen) atoms. The summed E-state index contributed by atoms with van der Waals surface area (Å²) in [5.74, 6) is 2.09. The molecule has 1 aromatic heterocycles. The quantitative estimate of drug-likeness (QED) is 0.850. The summed E-state index contributed by atoms with van der Waals surface area (Å²) in [5, 5.41) is 6.62. The summed E-state index contributed by atoms with van der Waals surface area (Å²) in [7, 11) is 0. The SMILES string of the molecule is CCOc1ccc(C(=O)NCc2noc(CC(C)C)n2)cc1. The van der Waals surface area contributed by atoms with Gasteiger partial charge in [-0.3, -0.25) is 4.79 Å². The van der Waals surface area contributed by atoms with Crippen LogP contribution in [0.15, 0.2) is 28.8 Å². The van der Waals surface area contributed by atoms with E-state index in [-0.39, 0.29) is 12.5 Å². The maximum absolute atomic E-state index is 12.0. The lowest BCUT2D eigenvalue weighted by atomic mass is 10.1. The highest BCUT2D eigenvalue weighted by molar-refractivity contribution is 5.94. The van der Waals surface area contributed by atoms with Gasteiger partial charge in [0.1, 0.15) is 5.75 Å². The topological polar surface area (TPSA) is 77.2 Å². The first-order valence-corrected chi connectivity index (χ1v) is 7.41. The maximum Gasteiger partial charge on any atom is 0.251 e. The van der Waals surface area contributed by atoms with Gasteiger partial charge in [-0.25, -0.2) is 0 Å². The number of aromatic nitrogens is 2. The first kappa shape index (κ1) is 16.0. The van der Waals surface area contributed by atoms with Gasteiger partial charge in [-0.05, 0) is 37.1 Å². The third-order valence-electron chi connectivity index (χ3n) is 2.93. The van der Waals surface area contributed by atoms with E-state index in [0.29, 0.717) is 29.8 Å². The molecule has 0 aliphatic carbocycles. The van der Waals surface area contributed by atoms with Crippen LogP contribution in [0.2, 0.25) is 0 Å². The maximum atomic E-state index is 12.0. The van der Waals surface area contributed by atoms with Crippen LogP contribution < -0.4 is 10.1 Å². The van der Waals surface area contributed by atoms with Crippen molar-refractivity contribution in [1.29, 1.82) is 0 Å². The van der Waals surface area contributed by atoms with Crippen molar-refractivity contribution in [2.45, 2.75) is 33.7 Å². The molecule has 6 nitrogen and oxygen atoms in total. The third-order valence-corrected chi connectivity index (χ3v) is 2.93. The Labute approximate surface area is 129 Å². The van der Waals surface area contributed by atoms with E-state index < -0.39 is 0 Å². The Bertz CT molecular complexity index is 605. The van der Waals surface area contributed by atoms with E-state index in [1.165, 1.54) is 0 Å². The molecule has 6 heteroatoms. The van der Waals surface area contributed by atoms with Crippen LogP contribution in [0.25, 0.3) is 0 Å². The number of carbonyl (C=O) groups excluding carboxylic acids is 1. The van der Waals surface area contributed by atoms with Crippen LogP contribution in [0, 0.1) is 5.92 Å². The van der Waals surface area contributed by atoms with E-state index in [0.717, 1.165) is 12.2 Å². The van der Waals surface area contributed by atoms with Gasteiger partial charge in [0.2, 0.25) is 5.89 Å². The van der Waals surface area contributed by atoms with E-state index in [1.807, 2.05) is 6.92 Å². The van der Waals surface area contributed by atoms with E-state index in [2.05, 4.69) is 29.3 Å². The van der Waals surface area contributed by atoms with Crippen LogP contribution in [-0.2, 0) is 13.0 Å². The first-order chi connectivity index (χ1) is 10.6. The predicted octanol–water partition coefficient (Wildman–Crippen LogP) is 2.60. The van der Waals surface area contributed by atoms with Crippen LogP contribution in [0.1, 0.15) is 42.8 Å². The molecular weight excluding hydrogens is 282 g/mol. The predicted molar refractivity (Wildman–Crippen MR) is 81.6 cm³/mol. The molecule has 0 fully saturated rings. The van der Waals surface area contributed by atoms with Gasteiger partial charge in [0.25, 0.3) is 5.91 Å². The Morgan fingerprint density at radius 1 is 1.32 bits per heavy atom. The normalized spacial score (nSPS) is 10.7. The van der Waals surface area contributed by atoms with Crippen molar-refractivity contribution in [2.75, 3.05) is 6.61 Å². The van der Waals surface area contributed by atoms with Crippen LogP contribution in [0.4, 0.5) is 0 Å². The Balaban J connectivity index is 1.88. The van der Waals surface area contributed by atoms with Crippen LogP contribution in [0.3, 0.4) is 0 Å². The monoisotopic (exact) mass is 303 g/mol. The number of benzene rings is 1. The fraction of sp³-hybridized carbons (Fsp3) is 0.438. The second-order valence-corrected chi connectivity index (χ2v) is 5.34. The fourth-order valence-corrected chi connectivity index (χ4v) is 1.92. The molecular formula is C16H21N3O3. The van der Waals surface area contributed by atoms with Crippen molar-refractivity contribution in [1.82, 2.24) is 15.5 Å². The average Bonchev–Trinajstić information content (AvgIpc) is 2.92. The Kier molecular flexibility index (Phi) is 5.52.